The van der Waals surface area contributed by atoms with E-state index in [4.69, 9.17) is 0 Å². The molecule has 2 aliphatic rings. The highest BCUT2D eigenvalue weighted by Gasteiger charge is 2.59. The van der Waals surface area contributed by atoms with E-state index in [0.29, 0.717) is 22.8 Å². The second kappa shape index (κ2) is 8.04. The van der Waals surface area contributed by atoms with Gasteiger partial charge in [-0.25, -0.2) is 23.1 Å². The minimum atomic E-state index is -2.89. The van der Waals surface area contributed by atoms with Crippen molar-refractivity contribution in [3.63, 3.8) is 0 Å². The zero-order valence-corrected chi connectivity index (χ0v) is 18.3. The first-order valence-corrected chi connectivity index (χ1v) is 10.2. The molecule has 1 aliphatic heterocycles. The van der Waals surface area contributed by atoms with Crippen molar-refractivity contribution >= 4 is 29.3 Å². The van der Waals surface area contributed by atoms with Crippen LogP contribution in [-0.4, -0.2) is 27.6 Å². The van der Waals surface area contributed by atoms with E-state index in [2.05, 4.69) is 20.6 Å². The summed E-state index contributed by atoms with van der Waals surface area (Å²) in [5.74, 6) is -0.0553. The fourth-order valence-corrected chi connectivity index (χ4v) is 4.85. The topological polar surface area (TPSA) is 71.8 Å². The van der Waals surface area contributed by atoms with E-state index in [1.165, 1.54) is 23.0 Å². The number of nitrogens with one attached hydrogen (secondary N) is 2. The Bertz CT molecular complexity index is 1250. The molecular weight excluding hydrogens is 443 g/mol. The van der Waals surface area contributed by atoms with Gasteiger partial charge in [0.25, 0.3) is 12.0 Å². The third-order valence-electron chi connectivity index (χ3n) is 6.72. The van der Waals surface area contributed by atoms with Crippen molar-refractivity contribution in [2.75, 3.05) is 18.4 Å². The number of hydrogen-bond acceptors (Lipinski definition) is 5. The fourth-order valence-electron chi connectivity index (χ4n) is 4.85. The average Bonchev–Trinajstić information content (AvgIpc) is 3.30. The minimum Gasteiger partial charge on any atom is -0.363 e. The van der Waals surface area contributed by atoms with Crippen molar-refractivity contribution in [2.45, 2.75) is 31.2 Å². The number of alkyl halides is 2. The lowest BCUT2D eigenvalue weighted by molar-refractivity contribution is 0.146. The predicted molar refractivity (Wildman–Crippen MR) is 118 cm³/mol. The molecule has 3 aromatic rings. The Balaban J connectivity index is 0.00000245. The van der Waals surface area contributed by atoms with Gasteiger partial charge in [-0.05, 0) is 31.9 Å². The summed E-state index contributed by atoms with van der Waals surface area (Å²) in [5.41, 5.74) is 0.451. The molecule has 0 bridgehead atoms. The summed E-state index contributed by atoms with van der Waals surface area (Å²) in [6.45, 7) is 3.34. The molecule has 2 aromatic heterocycles. The lowest BCUT2D eigenvalue weighted by atomic mass is 9.95. The van der Waals surface area contributed by atoms with Crippen LogP contribution < -0.4 is 16.2 Å². The molecule has 1 aromatic carbocycles. The van der Waals surface area contributed by atoms with Gasteiger partial charge in [0.2, 0.25) is 0 Å². The van der Waals surface area contributed by atoms with E-state index < -0.39 is 23.8 Å². The van der Waals surface area contributed by atoms with Gasteiger partial charge in [-0.3, -0.25) is 9.36 Å². The molecule has 2 N–H and O–H groups in total. The molecule has 3 heterocycles. The lowest BCUT2D eigenvalue weighted by Crippen LogP contribution is -2.30. The van der Waals surface area contributed by atoms with E-state index in [-0.39, 0.29) is 28.9 Å². The summed E-state index contributed by atoms with van der Waals surface area (Å²) in [7, 11) is 1.68. The molecule has 0 spiro atoms. The van der Waals surface area contributed by atoms with Crippen molar-refractivity contribution in [3.8, 4) is 0 Å². The molecular formula is C22H23ClF3N5O. The number of piperidine rings is 1. The first kappa shape index (κ1) is 22.5. The molecule has 2 fully saturated rings. The number of fused-ring (bicyclic) bond motifs is 2. The maximum Gasteiger partial charge on any atom is 0.266 e. The normalized spacial score (nSPS) is 22.5. The smallest absolute Gasteiger partial charge is 0.266 e. The number of anilines is 1. The van der Waals surface area contributed by atoms with Gasteiger partial charge in [0.05, 0.1) is 17.0 Å². The van der Waals surface area contributed by atoms with Gasteiger partial charge in [-0.15, -0.1) is 12.4 Å². The van der Waals surface area contributed by atoms with Crippen LogP contribution in [0.3, 0.4) is 0 Å². The largest absolute Gasteiger partial charge is 0.363 e. The number of hydrogen-bond donors (Lipinski definition) is 2. The van der Waals surface area contributed by atoms with Crippen LogP contribution in [0.1, 0.15) is 42.5 Å². The number of benzene rings is 1. The summed E-state index contributed by atoms with van der Waals surface area (Å²) in [6.07, 6.45) is -0.591. The quantitative estimate of drug-likeness (QED) is 0.598. The van der Waals surface area contributed by atoms with Crippen LogP contribution in [-0.2, 0) is 12.5 Å². The summed E-state index contributed by atoms with van der Waals surface area (Å²) >= 11 is 0. The van der Waals surface area contributed by atoms with Crippen molar-refractivity contribution in [1.29, 1.82) is 0 Å². The third kappa shape index (κ3) is 3.34. The second-order valence-corrected chi connectivity index (χ2v) is 8.49. The zero-order chi connectivity index (χ0) is 21.9. The number of nitrogens with zero attached hydrogens (tertiary/aromatic N) is 3. The number of aryl methyl sites for hydroxylation is 1. The van der Waals surface area contributed by atoms with Crippen molar-refractivity contribution in [2.24, 2.45) is 13.0 Å². The van der Waals surface area contributed by atoms with Crippen LogP contribution >= 0.6 is 12.4 Å². The fraction of sp³-hybridized carbons (Fsp3) is 0.409. The molecule has 10 heteroatoms. The third-order valence-corrected chi connectivity index (χ3v) is 6.72. The highest BCUT2D eigenvalue weighted by Crippen LogP contribution is 2.55. The molecule has 0 amide bonds. The summed E-state index contributed by atoms with van der Waals surface area (Å²) in [6, 6.07) is 5.18. The highest BCUT2D eigenvalue weighted by molar-refractivity contribution is 5.87. The van der Waals surface area contributed by atoms with Gasteiger partial charge in [-0.2, -0.15) is 0 Å². The Morgan fingerprint density at radius 2 is 2.03 bits per heavy atom. The van der Waals surface area contributed by atoms with Crippen LogP contribution in [0.15, 0.2) is 35.4 Å². The van der Waals surface area contributed by atoms with Gasteiger partial charge < -0.3 is 10.6 Å². The van der Waals surface area contributed by atoms with E-state index in [0.717, 1.165) is 31.1 Å². The van der Waals surface area contributed by atoms with Crippen LogP contribution in [0.4, 0.5) is 19.0 Å². The zero-order valence-electron chi connectivity index (χ0n) is 17.5. The maximum atomic E-state index is 14.6. The van der Waals surface area contributed by atoms with Crippen molar-refractivity contribution < 1.29 is 13.2 Å². The first-order chi connectivity index (χ1) is 14.8. The molecule has 1 saturated carbocycles. The average molecular weight is 466 g/mol. The molecule has 1 aliphatic carbocycles. The molecule has 5 rings (SSSR count). The van der Waals surface area contributed by atoms with E-state index in [1.807, 2.05) is 6.07 Å². The number of aromatic nitrogens is 3. The van der Waals surface area contributed by atoms with Crippen molar-refractivity contribution in [1.82, 2.24) is 19.9 Å². The monoisotopic (exact) mass is 465 g/mol. The Labute approximate surface area is 188 Å². The highest BCUT2D eigenvalue weighted by atomic mass is 35.5. The summed E-state index contributed by atoms with van der Waals surface area (Å²) < 4.78 is 42.3. The van der Waals surface area contributed by atoms with Gasteiger partial charge >= 0.3 is 0 Å². The maximum absolute atomic E-state index is 14.6. The molecule has 0 radical (unpaired) electrons. The van der Waals surface area contributed by atoms with Gasteiger partial charge in [0.1, 0.15) is 23.6 Å². The second-order valence-electron chi connectivity index (χ2n) is 8.49. The van der Waals surface area contributed by atoms with Crippen molar-refractivity contribution in [3.05, 3.63) is 63.5 Å². The van der Waals surface area contributed by atoms with Gasteiger partial charge in [-0.1, -0.05) is 18.2 Å². The van der Waals surface area contributed by atoms with Gasteiger partial charge in [0.15, 0.2) is 0 Å². The molecule has 3 unspecified atom stereocenters. The van der Waals surface area contributed by atoms with Crippen LogP contribution in [0, 0.1) is 11.7 Å². The Morgan fingerprint density at radius 1 is 1.28 bits per heavy atom. The molecule has 32 heavy (non-hydrogen) atoms. The summed E-state index contributed by atoms with van der Waals surface area (Å²) in [5, 5.41) is 7.12. The molecule has 170 valence electrons. The number of halogens is 4. The Hall–Kier alpha value is -2.65. The molecule has 1 saturated heterocycles. The van der Waals surface area contributed by atoms with Gasteiger partial charge in [0, 0.05) is 30.1 Å². The minimum absolute atomic E-state index is 0. The summed E-state index contributed by atoms with van der Waals surface area (Å²) in [4.78, 5) is 21.6. The number of rotatable bonds is 5. The van der Waals surface area contributed by atoms with E-state index in [1.54, 1.807) is 14.0 Å². The van der Waals surface area contributed by atoms with E-state index in [9.17, 15) is 18.0 Å². The van der Waals surface area contributed by atoms with Crippen LogP contribution in [0.5, 0.6) is 0 Å². The first-order valence-electron chi connectivity index (χ1n) is 10.2. The SMILES string of the molecule is CC(Nc1ncnc2c1cc(C13CNCC1C3)c(=O)n2C)c1cccc(C(F)F)c1F.Cl. The molecule has 3 atom stereocenters. The standard InChI is InChI=1S/C22H22F3N5O.ClH/c1-11(13-4-3-5-14(17(13)23)18(24)25)29-19-15-6-16(22-7-12(22)8-26-9-22)21(31)30(2)20(15)28-10-27-19;/h3-6,10-12,18,26H,7-9H2,1-2H3,(H,27,28,29);1H. The molecule has 6 nitrogen and oxygen atoms in total. The Morgan fingerprint density at radius 3 is 2.69 bits per heavy atom. The lowest BCUT2D eigenvalue weighted by Gasteiger charge is -2.20. The predicted octanol–water partition coefficient (Wildman–Crippen LogP) is 3.86. The Kier molecular flexibility index (Phi) is 5.67. The van der Waals surface area contributed by atoms with Crippen LogP contribution in [0.2, 0.25) is 0 Å². The van der Waals surface area contributed by atoms with Crippen LogP contribution in [0.25, 0.3) is 11.0 Å². The number of pyridine rings is 1. The van der Waals surface area contributed by atoms with E-state index >= 15 is 0 Å².